The molecule has 1 atom stereocenters. The summed E-state index contributed by atoms with van der Waals surface area (Å²) in [6.07, 6.45) is 0.135. The van der Waals surface area contributed by atoms with Gasteiger partial charge < -0.3 is 9.47 Å². The predicted octanol–water partition coefficient (Wildman–Crippen LogP) is 2.46. The van der Waals surface area contributed by atoms with Gasteiger partial charge in [-0.25, -0.2) is 17.6 Å². The fourth-order valence-corrected chi connectivity index (χ4v) is 3.78. The molecule has 1 aromatic carbocycles. The molecule has 0 amide bonds. The smallest absolute Gasteiger partial charge is 0.338 e. The zero-order valence-corrected chi connectivity index (χ0v) is 13.1. The molecule has 1 aliphatic rings. The monoisotopic (exact) mass is 386 g/mol. The van der Waals surface area contributed by atoms with Crippen molar-refractivity contribution in [2.75, 3.05) is 13.2 Å². The maximum absolute atomic E-state index is 13.6. The van der Waals surface area contributed by atoms with Crippen molar-refractivity contribution in [3.8, 4) is 0 Å². The molecule has 110 valence electrons. The van der Waals surface area contributed by atoms with Crippen molar-refractivity contribution < 1.29 is 27.1 Å². The first-order chi connectivity index (χ1) is 9.29. The van der Waals surface area contributed by atoms with E-state index in [-0.39, 0.29) is 16.6 Å². The van der Waals surface area contributed by atoms with Crippen molar-refractivity contribution >= 4 is 41.6 Å². The van der Waals surface area contributed by atoms with Gasteiger partial charge in [-0.2, -0.15) is 0 Å². The molecular weight excluding hydrogens is 379 g/mol. The largest absolute Gasteiger partial charge is 0.456 e. The molecule has 0 aliphatic carbocycles. The molecule has 1 fully saturated rings. The fraction of sp³-hybridized carbons (Fsp3) is 0.364. The quantitative estimate of drug-likeness (QED) is 0.589. The highest BCUT2D eigenvalue weighted by atomic mass is 79.9. The van der Waals surface area contributed by atoms with E-state index in [0.717, 1.165) is 12.1 Å². The van der Waals surface area contributed by atoms with Crippen LogP contribution in [0.2, 0.25) is 0 Å². The first-order valence-electron chi connectivity index (χ1n) is 5.51. The van der Waals surface area contributed by atoms with Crippen LogP contribution in [0.15, 0.2) is 21.5 Å². The summed E-state index contributed by atoms with van der Waals surface area (Å²) in [7, 11) is 1.000. The first-order valence-corrected chi connectivity index (χ1v) is 8.61. The van der Waals surface area contributed by atoms with Crippen LogP contribution in [0, 0.1) is 5.82 Å². The van der Waals surface area contributed by atoms with Crippen molar-refractivity contribution in [1.29, 1.82) is 0 Å². The Labute approximate surface area is 127 Å². The molecule has 1 saturated heterocycles. The molecule has 0 bridgehead atoms. The van der Waals surface area contributed by atoms with E-state index >= 15 is 0 Å². The number of rotatable bonds is 3. The molecule has 1 unspecified atom stereocenters. The SMILES string of the molecule is O=C(OC1CCOC1)c1cc(F)c(Br)c(S(=O)(=O)Cl)c1. The summed E-state index contributed by atoms with van der Waals surface area (Å²) < 4.78 is 46.1. The summed E-state index contributed by atoms with van der Waals surface area (Å²) in [6, 6.07) is 1.85. The minimum Gasteiger partial charge on any atom is -0.456 e. The Kier molecular flexibility index (Phi) is 4.68. The fourth-order valence-electron chi connectivity index (χ4n) is 1.68. The maximum atomic E-state index is 13.6. The van der Waals surface area contributed by atoms with Gasteiger partial charge in [0.1, 0.15) is 16.8 Å². The summed E-state index contributed by atoms with van der Waals surface area (Å²) in [5.41, 5.74) is -0.225. The van der Waals surface area contributed by atoms with Gasteiger partial charge in [0.2, 0.25) is 0 Å². The van der Waals surface area contributed by atoms with Crippen molar-refractivity contribution in [2.24, 2.45) is 0 Å². The average molecular weight is 388 g/mol. The second kappa shape index (κ2) is 5.97. The van der Waals surface area contributed by atoms with Gasteiger partial charge in [-0.3, -0.25) is 0 Å². The molecule has 5 nitrogen and oxygen atoms in total. The second-order valence-corrected chi connectivity index (χ2v) is 7.43. The van der Waals surface area contributed by atoms with E-state index in [9.17, 15) is 17.6 Å². The van der Waals surface area contributed by atoms with Crippen LogP contribution in [0.25, 0.3) is 0 Å². The zero-order valence-electron chi connectivity index (χ0n) is 9.94. The third kappa shape index (κ3) is 3.49. The van der Waals surface area contributed by atoms with Crippen molar-refractivity contribution in [1.82, 2.24) is 0 Å². The van der Waals surface area contributed by atoms with Gasteiger partial charge in [-0.05, 0) is 28.1 Å². The van der Waals surface area contributed by atoms with E-state index in [1.165, 1.54) is 0 Å². The first kappa shape index (κ1) is 15.7. The number of hydrogen-bond donors (Lipinski definition) is 0. The van der Waals surface area contributed by atoms with Crippen LogP contribution >= 0.6 is 26.6 Å². The lowest BCUT2D eigenvalue weighted by atomic mass is 10.2. The number of ether oxygens (including phenoxy) is 2. The van der Waals surface area contributed by atoms with Gasteiger partial charge in [0.05, 0.1) is 23.2 Å². The van der Waals surface area contributed by atoms with Gasteiger partial charge in [0.15, 0.2) is 0 Å². The topological polar surface area (TPSA) is 69.7 Å². The van der Waals surface area contributed by atoms with Crippen molar-refractivity contribution in [3.05, 3.63) is 28.0 Å². The molecule has 1 aliphatic heterocycles. The van der Waals surface area contributed by atoms with Gasteiger partial charge in [0, 0.05) is 17.1 Å². The lowest BCUT2D eigenvalue weighted by Gasteiger charge is -2.11. The Hall–Kier alpha value is -0.700. The minimum atomic E-state index is -4.19. The third-order valence-electron chi connectivity index (χ3n) is 2.65. The number of halogens is 3. The van der Waals surface area contributed by atoms with Crippen LogP contribution in [0.1, 0.15) is 16.8 Å². The van der Waals surface area contributed by atoms with Gasteiger partial charge in [-0.1, -0.05) is 0 Å². The number of esters is 1. The van der Waals surface area contributed by atoms with E-state index in [1.54, 1.807) is 0 Å². The molecule has 2 rings (SSSR count). The number of benzene rings is 1. The molecule has 20 heavy (non-hydrogen) atoms. The molecule has 1 heterocycles. The third-order valence-corrected chi connectivity index (χ3v) is 5.07. The highest BCUT2D eigenvalue weighted by Gasteiger charge is 2.25. The molecule has 0 saturated carbocycles. The second-order valence-electron chi connectivity index (χ2n) is 4.10. The molecule has 0 radical (unpaired) electrons. The van der Waals surface area contributed by atoms with Gasteiger partial charge in [0.25, 0.3) is 9.05 Å². The van der Waals surface area contributed by atoms with Gasteiger partial charge >= 0.3 is 5.97 Å². The molecule has 1 aromatic rings. The summed E-state index contributed by atoms with van der Waals surface area (Å²) >= 11 is 2.78. The number of hydrogen-bond acceptors (Lipinski definition) is 5. The lowest BCUT2D eigenvalue weighted by molar-refractivity contribution is 0.0270. The molecule has 0 N–H and O–H groups in total. The molecule has 0 spiro atoms. The summed E-state index contributed by atoms with van der Waals surface area (Å²) in [4.78, 5) is 11.3. The minimum absolute atomic E-state index is 0.225. The van der Waals surface area contributed by atoms with E-state index in [2.05, 4.69) is 15.9 Å². The predicted molar refractivity (Wildman–Crippen MR) is 71.8 cm³/mol. The summed E-state index contributed by atoms with van der Waals surface area (Å²) in [6.45, 7) is 0.749. The molecule has 9 heteroatoms. The highest BCUT2D eigenvalue weighted by molar-refractivity contribution is 9.10. The van der Waals surface area contributed by atoms with Gasteiger partial charge in [-0.15, -0.1) is 0 Å². The Morgan fingerprint density at radius 3 is 2.75 bits per heavy atom. The van der Waals surface area contributed by atoms with E-state index in [1.807, 2.05) is 0 Å². The van der Waals surface area contributed by atoms with Crippen molar-refractivity contribution in [2.45, 2.75) is 17.4 Å². The van der Waals surface area contributed by atoms with Crippen LogP contribution in [-0.4, -0.2) is 33.7 Å². The molecular formula is C11H9BrClFO5S. The lowest BCUT2D eigenvalue weighted by Crippen LogP contribution is -2.18. The highest BCUT2D eigenvalue weighted by Crippen LogP contribution is 2.29. The van der Waals surface area contributed by atoms with E-state index < -0.39 is 31.8 Å². The Bertz CT molecular complexity index is 642. The van der Waals surface area contributed by atoms with Crippen LogP contribution in [0.4, 0.5) is 4.39 Å². The Morgan fingerprint density at radius 1 is 1.50 bits per heavy atom. The van der Waals surface area contributed by atoms with Crippen LogP contribution in [0.3, 0.4) is 0 Å². The summed E-state index contributed by atoms with van der Waals surface area (Å²) in [5, 5.41) is 0. The van der Waals surface area contributed by atoms with Crippen LogP contribution < -0.4 is 0 Å². The number of carbonyl (C=O) groups is 1. The van der Waals surface area contributed by atoms with Crippen molar-refractivity contribution in [3.63, 3.8) is 0 Å². The molecule has 0 aromatic heterocycles. The maximum Gasteiger partial charge on any atom is 0.338 e. The Balaban J connectivity index is 2.32. The standard InChI is InChI=1S/C11H9BrClFO5S/c12-10-8(14)3-6(4-9(10)20(13,16)17)11(15)19-7-1-2-18-5-7/h3-4,7H,1-2,5H2. The van der Waals surface area contributed by atoms with E-state index in [0.29, 0.717) is 13.0 Å². The Morgan fingerprint density at radius 2 is 2.20 bits per heavy atom. The summed E-state index contributed by atoms with van der Waals surface area (Å²) in [5.74, 6) is -1.74. The average Bonchev–Trinajstić information content (AvgIpc) is 2.83. The van der Waals surface area contributed by atoms with Crippen LogP contribution in [0.5, 0.6) is 0 Å². The number of carbonyl (C=O) groups excluding carboxylic acids is 1. The normalized spacial score (nSPS) is 19.1. The van der Waals surface area contributed by atoms with E-state index in [4.69, 9.17) is 20.2 Å². The zero-order chi connectivity index (χ0) is 14.9. The van der Waals surface area contributed by atoms with Crippen LogP contribution in [-0.2, 0) is 18.5 Å².